The topological polar surface area (TPSA) is 54.9 Å². The molecular weight excluding hydrogens is 270 g/mol. The number of hydrogen-bond acceptors (Lipinski definition) is 4. The van der Waals surface area contributed by atoms with Gasteiger partial charge in [-0.05, 0) is 31.2 Å². The summed E-state index contributed by atoms with van der Waals surface area (Å²) >= 11 is 1.41. The Morgan fingerprint density at radius 1 is 1.35 bits per heavy atom. The second kappa shape index (κ2) is 7.07. The van der Waals surface area contributed by atoms with Gasteiger partial charge in [0.25, 0.3) is 0 Å². The Hall–Kier alpha value is -1.10. The van der Waals surface area contributed by atoms with Crippen LogP contribution in [0.4, 0.5) is 0 Å². The highest BCUT2D eigenvalue weighted by Gasteiger charge is 2.29. The molecule has 1 aromatic rings. The molecule has 1 saturated carbocycles. The molecule has 1 aliphatic rings. The van der Waals surface area contributed by atoms with Gasteiger partial charge >= 0.3 is 0 Å². The zero-order valence-electron chi connectivity index (χ0n) is 12.4. The van der Waals surface area contributed by atoms with Crippen molar-refractivity contribution in [3.63, 3.8) is 0 Å². The lowest BCUT2D eigenvalue weighted by atomic mass is 9.78. The molecule has 0 radical (unpaired) electrons. The van der Waals surface area contributed by atoms with Gasteiger partial charge in [0, 0.05) is 18.4 Å². The van der Waals surface area contributed by atoms with Crippen LogP contribution in [0.15, 0.2) is 23.6 Å². The zero-order chi connectivity index (χ0) is 14.5. The minimum absolute atomic E-state index is 0.0911. The molecule has 2 rings (SSSR count). The van der Waals surface area contributed by atoms with Crippen LogP contribution in [0, 0.1) is 11.8 Å². The summed E-state index contributed by atoms with van der Waals surface area (Å²) in [5, 5.41) is 3.69. The first-order chi connectivity index (χ1) is 9.58. The summed E-state index contributed by atoms with van der Waals surface area (Å²) in [4.78, 5) is 20.6. The summed E-state index contributed by atoms with van der Waals surface area (Å²) in [7, 11) is 0. The molecule has 0 unspecified atom stereocenters. The summed E-state index contributed by atoms with van der Waals surface area (Å²) in [6, 6.07) is 2.09. The summed E-state index contributed by atoms with van der Waals surface area (Å²) in [5.41, 5.74) is 0. The van der Waals surface area contributed by atoms with Gasteiger partial charge in [0.1, 0.15) is 0 Å². The van der Waals surface area contributed by atoms with Gasteiger partial charge in [0.15, 0.2) is 5.16 Å². The average Bonchev–Trinajstić information content (AvgIpc) is 2.45. The van der Waals surface area contributed by atoms with E-state index in [9.17, 15) is 4.79 Å². The first kappa shape index (κ1) is 15.3. The molecule has 1 aliphatic carbocycles. The third-order valence-corrected chi connectivity index (χ3v) is 5.22. The minimum Gasteiger partial charge on any atom is -0.352 e. The first-order valence-corrected chi connectivity index (χ1v) is 8.20. The maximum absolute atomic E-state index is 12.3. The van der Waals surface area contributed by atoms with E-state index in [0.29, 0.717) is 23.0 Å². The van der Waals surface area contributed by atoms with Gasteiger partial charge in [0.2, 0.25) is 5.91 Å². The van der Waals surface area contributed by atoms with Crippen LogP contribution in [0.1, 0.15) is 40.0 Å². The van der Waals surface area contributed by atoms with Gasteiger partial charge in [-0.1, -0.05) is 38.5 Å². The molecule has 0 bridgehead atoms. The van der Waals surface area contributed by atoms with Crippen molar-refractivity contribution in [3.8, 4) is 0 Å². The maximum atomic E-state index is 12.3. The lowest BCUT2D eigenvalue weighted by molar-refractivity contribution is -0.121. The van der Waals surface area contributed by atoms with Gasteiger partial charge in [-0.2, -0.15) is 0 Å². The molecule has 5 heteroatoms. The Labute approximate surface area is 125 Å². The molecule has 0 saturated heterocycles. The van der Waals surface area contributed by atoms with Gasteiger partial charge < -0.3 is 5.32 Å². The fourth-order valence-corrected chi connectivity index (χ4v) is 3.38. The van der Waals surface area contributed by atoms with Crippen LogP contribution in [-0.2, 0) is 4.79 Å². The predicted molar refractivity (Wildman–Crippen MR) is 81.5 cm³/mol. The number of hydrogen-bond donors (Lipinski definition) is 1. The molecule has 20 heavy (non-hydrogen) atoms. The Morgan fingerprint density at radius 3 is 2.75 bits per heavy atom. The quantitative estimate of drug-likeness (QED) is 0.685. The Kier molecular flexibility index (Phi) is 5.40. The number of rotatable bonds is 4. The molecule has 0 spiro atoms. The van der Waals surface area contributed by atoms with Crippen molar-refractivity contribution in [2.45, 2.75) is 56.5 Å². The second-order valence-corrected chi connectivity index (χ2v) is 6.98. The van der Waals surface area contributed by atoms with Crippen molar-refractivity contribution in [2.24, 2.45) is 11.8 Å². The van der Waals surface area contributed by atoms with E-state index < -0.39 is 0 Å². The predicted octanol–water partition coefficient (Wildman–Crippen LogP) is 2.90. The SMILES string of the molecule is C[C@@H]1[C@@H](C)CCC[C@H]1NC(=O)[C@@H](C)Sc1ncccn1. The number of nitrogens with one attached hydrogen (secondary N) is 1. The molecule has 1 fully saturated rings. The first-order valence-electron chi connectivity index (χ1n) is 7.32. The number of carbonyl (C=O) groups excluding carboxylic acids is 1. The van der Waals surface area contributed by atoms with E-state index in [0.717, 1.165) is 6.42 Å². The van der Waals surface area contributed by atoms with E-state index in [2.05, 4.69) is 29.1 Å². The van der Waals surface area contributed by atoms with Crippen LogP contribution < -0.4 is 5.32 Å². The van der Waals surface area contributed by atoms with Crippen molar-refractivity contribution >= 4 is 17.7 Å². The fraction of sp³-hybridized carbons (Fsp3) is 0.667. The van der Waals surface area contributed by atoms with E-state index in [1.54, 1.807) is 18.5 Å². The van der Waals surface area contributed by atoms with E-state index in [-0.39, 0.29) is 11.2 Å². The number of thioether (sulfide) groups is 1. The van der Waals surface area contributed by atoms with E-state index in [1.165, 1.54) is 24.6 Å². The second-order valence-electron chi connectivity index (χ2n) is 5.67. The van der Waals surface area contributed by atoms with Crippen molar-refractivity contribution in [1.29, 1.82) is 0 Å². The average molecular weight is 293 g/mol. The van der Waals surface area contributed by atoms with Crippen LogP contribution in [-0.4, -0.2) is 27.2 Å². The van der Waals surface area contributed by atoms with E-state index >= 15 is 0 Å². The Balaban J connectivity index is 1.87. The molecule has 1 heterocycles. The lowest BCUT2D eigenvalue weighted by Gasteiger charge is -2.35. The Morgan fingerprint density at radius 2 is 2.05 bits per heavy atom. The highest BCUT2D eigenvalue weighted by Crippen LogP contribution is 2.30. The van der Waals surface area contributed by atoms with Crippen LogP contribution in [0.25, 0.3) is 0 Å². The monoisotopic (exact) mass is 293 g/mol. The third-order valence-electron chi connectivity index (χ3n) is 4.23. The van der Waals surface area contributed by atoms with Gasteiger partial charge in [-0.15, -0.1) is 0 Å². The normalized spacial score (nSPS) is 27.9. The standard InChI is InChI=1S/C15H23N3OS/c1-10-6-4-7-13(11(10)2)18-14(19)12(3)20-15-16-8-5-9-17-15/h5,8-13H,4,6-7H2,1-3H3,(H,18,19)/t10-,11+,12+,13+/m0/s1. The summed E-state index contributed by atoms with van der Waals surface area (Å²) in [6.07, 6.45) is 6.97. The van der Waals surface area contributed by atoms with Crippen molar-refractivity contribution < 1.29 is 4.79 Å². The van der Waals surface area contributed by atoms with Gasteiger partial charge in [-0.3, -0.25) is 4.79 Å². The molecule has 4 atom stereocenters. The summed E-state index contributed by atoms with van der Waals surface area (Å²) < 4.78 is 0. The highest BCUT2D eigenvalue weighted by atomic mass is 32.2. The van der Waals surface area contributed by atoms with Crippen molar-refractivity contribution in [3.05, 3.63) is 18.5 Å². The van der Waals surface area contributed by atoms with Crippen LogP contribution in [0.3, 0.4) is 0 Å². The number of aromatic nitrogens is 2. The fourth-order valence-electron chi connectivity index (χ4n) is 2.64. The van der Waals surface area contributed by atoms with Crippen LogP contribution in [0.5, 0.6) is 0 Å². The van der Waals surface area contributed by atoms with Crippen molar-refractivity contribution in [1.82, 2.24) is 15.3 Å². The number of nitrogens with zero attached hydrogens (tertiary/aromatic N) is 2. The summed E-state index contributed by atoms with van der Waals surface area (Å²) in [6.45, 7) is 6.43. The van der Waals surface area contributed by atoms with E-state index in [4.69, 9.17) is 0 Å². The third kappa shape index (κ3) is 3.95. The zero-order valence-corrected chi connectivity index (χ0v) is 13.2. The molecule has 1 amide bonds. The highest BCUT2D eigenvalue weighted by molar-refractivity contribution is 8.00. The molecule has 4 nitrogen and oxygen atoms in total. The minimum atomic E-state index is -0.165. The Bertz CT molecular complexity index is 440. The molecule has 1 aromatic heterocycles. The van der Waals surface area contributed by atoms with Crippen LogP contribution in [0.2, 0.25) is 0 Å². The lowest BCUT2D eigenvalue weighted by Crippen LogP contribution is -2.46. The van der Waals surface area contributed by atoms with Gasteiger partial charge in [0.05, 0.1) is 5.25 Å². The largest absolute Gasteiger partial charge is 0.352 e. The van der Waals surface area contributed by atoms with Gasteiger partial charge in [-0.25, -0.2) is 9.97 Å². The maximum Gasteiger partial charge on any atom is 0.233 e. The molecule has 0 aromatic carbocycles. The molecule has 110 valence electrons. The molecule has 1 N–H and O–H groups in total. The molecule has 0 aliphatic heterocycles. The molecular formula is C15H23N3OS. The van der Waals surface area contributed by atoms with Crippen molar-refractivity contribution in [2.75, 3.05) is 0 Å². The van der Waals surface area contributed by atoms with Crippen LogP contribution >= 0.6 is 11.8 Å². The number of amides is 1. The van der Waals surface area contributed by atoms with E-state index in [1.807, 2.05) is 6.92 Å². The smallest absolute Gasteiger partial charge is 0.233 e. The number of carbonyl (C=O) groups is 1. The summed E-state index contributed by atoms with van der Waals surface area (Å²) in [5.74, 6) is 1.33.